The highest BCUT2D eigenvalue weighted by Gasteiger charge is 2.32. The van der Waals surface area contributed by atoms with Gasteiger partial charge in [-0.1, -0.05) is 39.0 Å². The lowest BCUT2D eigenvalue weighted by Crippen LogP contribution is -2.27. The highest BCUT2D eigenvalue weighted by atomic mass is 16.1. The van der Waals surface area contributed by atoms with Gasteiger partial charge in [-0.3, -0.25) is 9.80 Å². The molecule has 3 nitrogen and oxygen atoms in total. The van der Waals surface area contributed by atoms with Crippen molar-refractivity contribution >= 4 is 17.2 Å². The number of hydrogen-bond donors (Lipinski definition) is 0. The number of rotatable bonds is 1. The summed E-state index contributed by atoms with van der Waals surface area (Å²) in [6, 6.07) is 9.77. The third kappa shape index (κ3) is 1.98. The van der Waals surface area contributed by atoms with Gasteiger partial charge < -0.3 is 0 Å². The van der Waals surface area contributed by atoms with Gasteiger partial charge in [0.1, 0.15) is 12.3 Å². The van der Waals surface area contributed by atoms with Gasteiger partial charge in [0.05, 0.1) is 5.69 Å². The highest BCUT2D eigenvalue weighted by Crippen LogP contribution is 2.25. The largest absolute Gasteiger partial charge is 0.291 e. The van der Waals surface area contributed by atoms with Crippen molar-refractivity contribution in [3.05, 3.63) is 30.3 Å². The molecule has 0 spiro atoms. The predicted molar refractivity (Wildman–Crippen MR) is 65.7 cm³/mol. The zero-order valence-corrected chi connectivity index (χ0v) is 9.90. The maximum absolute atomic E-state index is 11.8. The first kappa shape index (κ1) is 10.9. The van der Waals surface area contributed by atoms with Crippen molar-refractivity contribution in [2.45, 2.75) is 20.8 Å². The van der Waals surface area contributed by atoms with Gasteiger partial charge in [-0.25, -0.2) is 0 Å². The summed E-state index contributed by atoms with van der Waals surface area (Å²) in [6.07, 6.45) is 0. The lowest BCUT2D eigenvalue weighted by Gasteiger charge is -2.16. The Labute approximate surface area is 95.8 Å². The van der Waals surface area contributed by atoms with Gasteiger partial charge in [-0.2, -0.15) is 5.10 Å². The van der Waals surface area contributed by atoms with E-state index in [0.29, 0.717) is 12.3 Å². The first-order valence-corrected chi connectivity index (χ1v) is 5.43. The number of carbonyl (C=O) groups is 1. The average molecular weight is 216 g/mol. The van der Waals surface area contributed by atoms with E-state index in [2.05, 4.69) is 5.10 Å². The van der Waals surface area contributed by atoms with Crippen molar-refractivity contribution in [1.29, 1.82) is 0 Å². The minimum absolute atomic E-state index is 0.122. The number of ketones is 1. The van der Waals surface area contributed by atoms with Gasteiger partial charge in [-0.05, 0) is 12.1 Å². The number of hydrazone groups is 1. The number of hydrogen-bond acceptors (Lipinski definition) is 3. The van der Waals surface area contributed by atoms with Crippen LogP contribution in [0.25, 0.3) is 0 Å². The number of para-hydroxylation sites is 1. The molecule has 0 unspecified atom stereocenters. The Balaban J connectivity index is 2.30. The molecule has 2 rings (SSSR count). The number of carbonyl (C=O) groups excluding carboxylic acids is 1. The molecular formula is C13H16N2O. The van der Waals surface area contributed by atoms with Crippen LogP contribution in [0, 0.1) is 5.41 Å². The molecular weight excluding hydrogens is 200 g/mol. The van der Waals surface area contributed by atoms with Crippen LogP contribution in [0.4, 0.5) is 5.69 Å². The van der Waals surface area contributed by atoms with Crippen LogP contribution in [-0.4, -0.2) is 18.0 Å². The van der Waals surface area contributed by atoms with Crippen molar-refractivity contribution in [3.63, 3.8) is 0 Å². The number of anilines is 1. The lowest BCUT2D eigenvalue weighted by molar-refractivity contribution is -0.111. The first-order chi connectivity index (χ1) is 7.48. The maximum atomic E-state index is 11.8. The molecule has 0 fully saturated rings. The topological polar surface area (TPSA) is 32.7 Å². The van der Waals surface area contributed by atoms with Crippen LogP contribution in [0.1, 0.15) is 20.8 Å². The number of benzene rings is 1. The van der Waals surface area contributed by atoms with E-state index in [-0.39, 0.29) is 11.2 Å². The van der Waals surface area contributed by atoms with E-state index in [1.54, 1.807) is 5.01 Å². The highest BCUT2D eigenvalue weighted by molar-refractivity contribution is 6.44. The fourth-order valence-electron chi connectivity index (χ4n) is 1.74. The summed E-state index contributed by atoms with van der Waals surface area (Å²) in [7, 11) is 0. The number of Topliss-reactive ketones (excluding diaryl/α,β-unsaturated/α-hetero) is 1. The Morgan fingerprint density at radius 2 is 1.81 bits per heavy atom. The lowest BCUT2D eigenvalue weighted by atomic mass is 9.88. The normalized spacial score (nSPS) is 16.6. The van der Waals surface area contributed by atoms with Gasteiger partial charge in [0.25, 0.3) is 0 Å². The van der Waals surface area contributed by atoms with Crippen LogP contribution in [0.15, 0.2) is 35.4 Å². The van der Waals surface area contributed by atoms with Crippen molar-refractivity contribution < 1.29 is 4.79 Å². The molecule has 0 radical (unpaired) electrons. The van der Waals surface area contributed by atoms with E-state index in [9.17, 15) is 4.79 Å². The van der Waals surface area contributed by atoms with E-state index < -0.39 is 0 Å². The van der Waals surface area contributed by atoms with E-state index in [1.165, 1.54) is 0 Å². The summed E-state index contributed by atoms with van der Waals surface area (Å²) >= 11 is 0. The van der Waals surface area contributed by atoms with E-state index in [1.807, 2.05) is 51.1 Å². The maximum Gasteiger partial charge on any atom is 0.200 e. The zero-order chi connectivity index (χ0) is 11.8. The SMILES string of the molecule is CC(C)(C)C1=NN(c2ccccc2)CC1=O. The minimum Gasteiger partial charge on any atom is -0.291 e. The Morgan fingerprint density at radius 1 is 1.19 bits per heavy atom. The monoisotopic (exact) mass is 216 g/mol. The molecule has 0 atom stereocenters. The van der Waals surface area contributed by atoms with Crippen LogP contribution >= 0.6 is 0 Å². The summed E-state index contributed by atoms with van der Waals surface area (Å²) in [4.78, 5) is 11.8. The molecule has 0 aromatic heterocycles. The Kier molecular flexibility index (Phi) is 2.54. The molecule has 0 N–H and O–H groups in total. The second-order valence-electron chi connectivity index (χ2n) is 5.01. The molecule has 1 aromatic rings. The quantitative estimate of drug-likeness (QED) is 0.722. The smallest absolute Gasteiger partial charge is 0.200 e. The minimum atomic E-state index is -0.180. The molecule has 1 aliphatic heterocycles. The van der Waals surface area contributed by atoms with Crippen LogP contribution in [0.2, 0.25) is 0 Å². The van der Waals surface area contributed by atoms with Crippen LogP contribution in [0.5, 0.6) is 0 Å². The van der Waals surface area contributed by atoms with Gasteiger partial charge in [0, 0.05) is 5.41 Å². The van der Waals surface area contributed by atoms with Crippen molar-refractivity contribution in [1.82, 2.24) is 0 Å². The third-order valence-electron chi connectivity index (χ3n) is 2.54. The standard InChI is InChI=1S/C13H16N2O/c1-13(2,3)12-11(16)9-15(14-12)10-7-5-4-6-8-10/h4-8H,9H2,1-3H3. The second kappa shape index (κ2) is 3.74. The van der Waals surface area contributed by atoms with Gasteiger partial charge in [0.15, 0.2) is 0 Å². The fraction of sp³-hybridized carbons (Fsp3) is 0.385. The Morgan fingerprint density at radius 3 is 2.31 bits per heavy atom. The summed E-state index contributed by atoms with van der Waals surface area (Å²) in [5.74, 6) is 0.122. The van der Waals surface area contributed by atoms with E-state index >= 15 is 0 Å². The van der Waals surface area contributed by atoms with Gasteiger partial charge in [-0.15, -0.1) is 0 Å². The summed E-state index contributed by atoms with van der Waals surface area (Å²) in [6.45, 7) is 6.39. The average Bonchev–Trinajstić information content (AvgIpc) is 2.61. The zero-order valence-electron chi connectivity index (χ0n) is 9.90. The van der Waals surface area contributed by atoms with E-state index in [4.69, 9.17) is 0 Å². The molecule has 16 heavy (non-hydrogen) atoms. The summed E-state index contributed by atoms with van der Waals surface area (Å²) < 4.78 is 0. The van der Waals surface area contributed by atoms with Crippen LogP contribution < -0.4 is 5.01 Å². The fourth-order valence-corrected chi connectivity index (χ4v) is 1.74. The molecule has 3 heteroatoms. The van der Waals surface area contributed by atoms with Gasteiger partial charge >= 0.3 is 0 Å². The molecule has 0 amide bonds. The van der Waals surface area contributed by atoms with Crippen molar-refractivity contribution in [2.75, 3.05) is 11.6 Å². The molecule has 0 aliphatic carbocycles. The second-order valence-corrected chi connectivity index (χ2v) is 5.01. The third-order valence-corrected chi connectivity index (χ3v) is 2.54. The van der Waals surface area contributed by atoms with Crippen molar-refractivity contribution in [3.8, 4) is 0 Å². The summed E-state index contributed by atoms with van der Waals surface area (Å²) in [5.41, 5.74) is 1.45. The molecule has 1 aromatic carbocycles. The van der Waals surface area contributed by atoms with Gasteiger partial charge in [0.2, 0.25) is 5.78 Å². The molecule has 1 heterocycles. The molecule has 0 saturated carbocycles. The van der Waals surface area contributed by atoms with Crippen LogP contribution in [0.3, 0.4) is 0 Å². The van der Waals surface area contributed by atoms with E-state index in [0.717, 1.165) is 5.69 Å². The Bertz CT molecular complexity index is 429. The summed E-state index contributed by atoms with van der Waals surface area (Å²) in [5, 5.41) is 6.18. The molecule has 1 aliphatic rings. The van der Waals surface area contributed by atoms with Crippen LogP contribution in [-0.2, 0) is 4.79 Å². The Hall–Kier alpha value is -1.64. The predicted octanol–water partition coefficient (Wildman–Crippen LogP) is 2.48. The molecule has 84 valence electrons. The number of nitrogens with zero attached hydrogens (tertiary/aromatic N) is 2. The van der Waals surface area contributed by atoms with Crippen molar-refractivity contribution in [2.24, 2.45) is 10.5 Å². The first-order valence-electron chi connectivity index (χ1n) is 5.43. The molecule has 0 bridgehead atoms. The molecule has 0 saturated heterocycles.